The van der Waals surface area contributed by atoms with E-state index in [0.29, 0.717) is 18.7 Å². The smallest absolute Gasteiger partial charge is 0.338 e. The number of nitrogens with one attached hydrogen (secondary N) is 2. The minimum absolute atomic E-state index is 0.311. The number of rotatable bonds is 5. The molecule has 2 aromatic rings. The Bertz CT molecular complexity index is 509. The molecule has 1 aromatic heterocycles. The number of methoxy groups -OCH3 is 1. The second-order valence-corrected chi connectivity index (χ2v) is 3.83. The van der Waals surface area contributed by atoms with Crippen molar-refractivity contribution in [3.8, 4) is 0 Å². The molecule has 0 aliphatic heterocycles. The van der Waals surface area contributed by atoms with Gasteiger partial charge < -0.3 is 10.1 Å². The van der Waals surface area contributed by atoms with Crippen LogP contribution in [0.15, 0.2) is 36.5 Å². The van der Waals surface area contributed by atoms with E-state index in [-0.39, 0.29) is 5.97 Å². The maximum absolute atomic E-state index is 11.6. The zero-order valence-corrected chi connectivity index (χ0v) is 10.1. The topological polar surface area (TPSA) is 67.0 Å². The molecule has 0 aliphatic rings. The third-order valence-electron chi connectivity index (χ3n) is 2.61. The summed E-state index contributed by atoms with van der Waals surface area (Å²) in [4.78, 5) is 11.6. The van der Waals surface area contributed by atoms with Gasteiger partial charge in [-0.05, 0) is 17.7 Å². The lowest BCUT2D eigenvalue weighted by Gasteiger charge is -2.08. The summed E-state index contributed by atoms with van der Waals surface area (Å²) in [5.41, 5.74) is 2.52. The predicted octanol–water partition coefficient (Wildman–Crippen LogP) is 1.49. The SMILES string of the molecule is COC(=O)c1ccccc1CNCc1ccn[nH]1. The van der Waals surface area contributed by atoms with Crippen molar-refractivity contribution in [3.63, 3.8) is 0 Å². The maximum atomic E-state index is 11.6. The van der Waals surface area contributed by atoms with E-state index in [2.05, 4.69) is 15.5 Å². The van der Waals surface area contributed by atoms with Gasteiger partial charge in [-0.1, -0.05) is 18.2 Å². The summed E-state index contributed by atoms with van der Waals surface area (Å²) in [5, 5.41) is 9.98. The van der Waals surface area contributed by atoms with Crippen LogP contribution in [0, 0.1) is 0 Å². The first-order valence-corrected chi connectivity index (χ1v) is 5.66. The van der Waals surface area contributed by atoms with Crippen LogP contribution in [0.5, 0.6) is 0 Å². The van der Waals surface area contributed by atoms with E-state index in [1.165, 1.54) is 7.11 Å². The summed E-state index contributed by atoms with van der Waals surface area (Å²) in [6, 6.07) is 9.30. The summed E-state index contributed by atoms with van der Waals surface area (Å²) < 4.78 is 4.75. The number of aromatic amines is 1. The average molecular weight is 245 g/mol. The molecule has 5 nitrogen and oxygen atoms in total. The van der Waals surface area contributed by atoms with Gasteiger partial charge in [0.2, 0.25) is 0 Å². The summed E-state index contributed by atoms with van der Waals surface area (Å²) in [7, 11) is 1.39. The molecule has 0 unspecified atom stereocenters. The van der Waals surface area contributed by atoms with Gasteiger partial charge in [0.25, 0.3) is 0 Å². The van der Waals surface area contributed by atoms with Crippen LogP contribution in [0.1, 0.15) is 21.6 Å². The lowest BCUT2D eigenvalue weighted by molar-refractivity contribution is 0.0599. The van der Waals surface area contributed by atoms with Crippen LogP contribution in [0.3, 0.4) is 0 Å². The molecule has 0 atom stereocenters. The minimum Gasteiger partial charge on any atom is -0.465 e. The Balaban J connectivity index is 1.98. The quantitative estimate of drug-likeness (QED) is 0.783. The number of carbonyl (C=O) groups excluding carboxylic acids is 1. The van der Waals surface area contributed by atoms with Gasteiger partial charge in [0.05, 0.1) is 12.7 Å². The minimum atomic E-state index is -0.311. The van der Waals surface area contributed by atoms with Crippen molar-refractivity contribution >= 4 is 5.97 Å². The number of nitrogens with zero attached hydrogens (tertiary/aromatic N) is 1. The lowest BCUT2D eigenvalue weighted by Crippen LogP contribution is -2.16. The van der Waals surface area contributed by atoms with Gasteiger partial charge in [-0.3, -0.25) is 5.10 Å². The van der Waals surface area contributed by atoms with Gasteiger partial charge >= 0.3 is 5.97 Å². The van der Waals surface area contributed by atoms with Gasteiger partial charge in [0.15, 0.2) is 0 Å². The lowest BCUT2D eigenvalue weighted by atomic mass is 10.1. The summed E-state index contributed by atoms with van der Waals surface area (Å²) in [6.45, 7) is 1.28. The Hall–Kier alpha value is -2.14. The largest absolute Gasteiger partial charge is 0.465 e. The van der Waals surface area contributed by atoms with Crippen molar-refractivity contribution < 1.29 is 9.53 Å². The number of hydrogen-bond acceptors (Lipinski definition) is 4. The van der Waals surface area contributed by atoms with E-state index in [9.17, 15) is 4.79 Å². The van der Waals surface area contributed by atoms with Crippen molar-refractivity contribution in [1.82, 2.24) is 15.5 Å². The van der Waals surface area contributed by atoms with E-state index < -0.39 is 0 Å². The zero-order valence-electron chi connectivity index (χ0n) is 10.1. The fraction of sp³-hybridized carbons (Fsp3) is 0.231. The van der Waals surface area contributed by atoms with E-state index >= 15 is 0 Å². The molecular formula is C13H15N3O2. The van der Waals surface area contributed by atoms with Crippen LogP contribution in [-0.2, 0) is 17.8 Å². The molecule has 0 aliphatic carbocycles. The molecule has 1 aromatic carbocycles. The third kappa shape index (κ3) is 2.95. The van der Waals surface area contributed by atoms with Gasteiger partial charge in [-0.2, -0.15) is 5.10 Å². The Labute approximate surface area is 105 Å². The molecule has 0 spiro atoms. The van der Waals surface area contributed by atoms with Crippen molar-refractivity contribution in [3.05, 3.63) is 53.3 Å². The van der Waals surface area contributed by atoms with E-state index in [1.807, 2.05) is 24.3 Å². The fourth-order valence-electron chi connectivity index (χ4n) is 1.70. The molecule has 2 rings (SSSR count). The highest BCUT2D eigenvalue weighted by atomic mass is 16.5. The van der Waals surface area contributed by atoms with Crippen LogP contribution < -0.4 is 5.32 Å². The molecule has 18 heavy (non-hydrogen) atoms. The molecule has 0 saturated carbocycles. The van der Waals surface area contributed by atoms with Crippen molar-refractivity contribution in [1.29, 1.82) is 0 Å². The van der Waals surface area contributed by atoms with Gasteiger partial charge in [-0.15, -0.1) is 0 Å². The first-order chi connectivity index (χ1) is 8.81. The van der Waals surface area contributed by atoms with E-state index in [4.69, 9.17) is 4.74 Å². The predicted molar refractivity (Wildman–Crippen MR) is 66.9 cm³/mol. The molecular weight excluding hydrogens is 230 g/mol. The molecule has 94 valence electrons. The van der Waals surface area contributed by atoms with Crippen LogP contribution >= 0.6 is 0 Å². The molecule has 2 N–H and O–H groups in total. The van der Waals surface area contributed by atoms with Gasteiger partial charge in [-0.25, -0.2) is 4.79 Å². The molecule has 0 fully saturated rings. The van der Waals surface area contributed by atoms with E-state index in [1.54, 1.807) is 12.3 Å². The number of ether oxygens (including phenoxy) is 1. The zero-order chi connectivity index (χ0) is 12.8. The number of hydrogen-bond donors (Lipinski definition) is 2. The maximum Gasteiger partial charge on any atom is 0.338 e. The molecule has 5 heteroatoms. The van der Waals surface area contributed by atoms with Crippen LogP contribution in [-0.4, -0.2) is 23.3 Å². The summed E-state index contributed by atoms with van der Waals surface area (Å²) in [6.07, 6.45) is 1.71. The third-order valence-corrected chi connectivity index (χ3v) is 2.61. The number of carbonyl (C=O) groups is 1. The highest BCUT2D eigenvalue weighted by molar-refractivity contribution is 5.90. The van der Waals surface area contributed by atoms with Gasteiger partial charge in [0.1, 0.15) is 0 Å². The highest BCUT2D eigenvalue weighted by Gasteiger charge is 2.10. The van der Waals surface area contributed by atoms with E-state index in [0.717, 1.165) is 11.3 Å². The van der Waals surface area contributed by atoms with Crippen LogP contribution in [0.2, 0.25) is 0 Å². The Morgan fingerprint density at radius 1 is 1.33 bits per heavy atom. The molecule has 1 heterocycles. The van der Waals surface area contributed by atoms with Crippen LogP contribution in [0.4, 0.5) is 0 Å². The molecule has 0 bridgehead atoms. The first-order valence-electron chi connectivity index (χ1n) is 5.66. The Kier molecular flexibility index (Phi) is 4.09. The second kappa shape index (κ2) is 5.97. The number of esters is 1. The number of aromatic nitrogens is 2. The summed E-state index contributed by atoms with van der Waals surface area (Å²) >= 11 is 0. The normalized spacial score (nSPS) is 10.3. The van der Waals surface area contributed by atoms with Gasteiger partial charge in [0, 0.05) is 25.0 Å². The summed E-state index contributed by atoms with van der Waals surface area (Å²) in [5.74, 6) is -0.311. The Morgan fingerprint density at radius 2 is 2.17 bits per heavy atom. The first kappa shape index (κ1) is 12.3. The standard InChI is InChI=1S/C13H15N3O2/c1-18-13(17)12-5-3-2-4-10(12)8-14-9-11-6-7-15-16-11/h2-7,14H,8-9H2,1H3,(H,15,16). The second-order valence-electron chi connectivity index (χ2n) is 3.83. The molecule has 0 amide bonds. The molecule has 0 saturated heterocycles. The van der Waals surface area contributed by atoms with Crippen molar-refractivity contribution in [2.45, 2.75) is 13.1 Å². The fourth-order valence-corrected chi connectivity index (χ4v) is 1.70. The Morgan fingerprint density at radius 3 is 2.89 bits per heavy atom. The highest BCUT2D eigenvalue weighted by Crippen LogP contribution is 2.10. The van der Waals surface area contributed by atoms with Crippen molar-refractivity contribution in [2.24, 2.45) is 0 Å². The van der Waals surface area contributed by atoms with Crippen molar-refractivity contribution in [2.75, 3.05) is 7.11 Å². The molecule has 0 radical (unpaired) electrons. The average Bonchev–Trinajstić information content (AvgIpc) is 2.92. The monoisotopic (exact) mass is 245 g/mol. The number of benzene rings is 1. The number of H-pyrrole nitrogens is 1. The van der Waals surface area contributed by atoms with Crippen LogP contribution in [0.25, 0.3) is 0 Å².